The van der Waals surface area contributed by atoms with E-state index in [0.29, 0.717) is 24.7 Å². The molecule has 0 heterocycles. The second kappa shape index (κ2) is 9.58. The second-order valence-electron chi connectivity index (χ2n) is 4.61. The molecule has 0 aliphatic rings. The van der Waals surface area contributed by atoms with Gasteiger partial charge in [0.25, 0.3) is 0 Å². The summed E-state index contributed by atoms with van der Waals surface area (Å²) in [6.45, 7) is 3.65. The zero-order valence-electron chi connectivity index (χ0n) is 12.3. The fourth-order valence-corrected chi connectivity index (χ4v) is 1.66. The highest BCUT2D eigenvalue weighted by Gasteiger charge is 2.07. The van der Waals surface area contributed by atoms with Crippen molar-refractivity contribution < 1.29 is 19.3 Å². The van der Waals surface area contributed by atoms with Gasteiger partial charge in [0.05, 0.1) is 13.7 Å². The first kappa shape index (κ1) is 16.8. The van der Waals surface area contributed by atoms with Gasteiger partial charge < -0.3 is 25.1 Å². The van der Waals surface area contributed by atoms with Crippen LogP contribution in [-0.4, -0.2) is 38.1 Å². The first-order valence-electron chi connectivity index (χ1n) is 6.96. The van der Waals surface area contributed by atoms with Crippen LogP contribution in [-0.2, 0) is 11.3 Å². The van der Waals surface area contributed by atoms with Crippen LogP contribution in [0.5, 0.6) is 11.5 Å². The van der Waals surface area contributed by atoms with Crippen molar-refractivity contribution in [3.63, 3.8) is 0 Å². The Morgan fingerprint density at radius 1 is 1.20 bits per heavy atom. The van der Waals surface area contributed by atoms with Crippen LogP contribution in [0.1, 0.15) is 25.3 Å². The van der Waals surface area contributed by atoms with E-state index in [2.05, 4.69) is 6.92 Å². The van der Waals surface area contributed by atoms with Crippen molar-refractivity contribution in [3.8, 4) is 11.5 Å². The van der Waals surface area contributed by atoms with Gasteiger partial charge in [-0.2, -0.15) is 0 Å². The number of hydrogen-bond donors (Lipinski definition) is 2. The fraction of sp³-hybridized carbons (Fsp3) is 0.600. The molecule has 0 aliphatic carbocycles. The van der Waals surface area contributed by atoms with Gasteiger partial charge in [0.2, 0.25) is 0 Å². The van der Waals surface area contributed by atoms with Crippen molar-refractivity contribution in [2.75, 3.05) is 26.9 Å². The standard InChI is InChI=1S/C15H25NO4/c1-3-4-5-19-10-13(17)11-20-15-7-12(9-16)6-14(8-15)18-2/h6-8,13,17H,3-5,9-11,16H2,1-2H3. The van der Waals surface area contributed by atoms with Gasteiger partial charge in [-0.1, -0.05) is 13.3 Å². The molecule has 0 spiro atoms. The minimum atomic E-state index is -0.639. The van der Waals surface area contributed by atoms with E-state index in [1.165, 1.54) is 0 Å². The molecule has 1 unspecified atom stereocenters. The molecule has 114 valence electrons. The minimum Gasteiger partial charge on any atom is -0.497 e. The lowest BCUT2D eigenvalue weighted by Crippen LogP contribution is -2.23. The Morgan fingerprint density at radius 2 is 1.95 bits per heavy atom. The molecule has 1 atom stereocenters. The second-order valence-corrected chi connectivity index (χ2v) is 4.61. The lowest BCUT2D eigenvalue weighted by atomic mass is 10.2. The van der Waals surface area contributed by atoms with Gasteiger partial charge in [-0.25, -0.2) is 0 Å². The van der Waals surface area contributed by atoms with Gasteiger partial charge in [0, 0.05) is 19.2 Å². The minimum absolute atomic E-state index is 0.184. The molecule has 0 radical (unpaired) electrons. The maximum atomic E-state index is 9.76. The monoisotopic (exact) mass is 283 g/mol. The molecule has 0 aliphatic heterocycles. The Kier molecular flexibility index (Phi) is 8.02. The highest BCUT2D eigenvalue weighted by atomic mass is 16.5. The van der Waals surface area contributed by atoms with E-state index in [9.17, 15) is 5.11 Å². The Morgan fingerprint density at radius 3 is 2.60 bits per heavy atom. The zero-order chi connectivity index (χ0) is 14.8. The Bertz CT molecular complexity index is 362. The number of methoxy groups -OCH3 is 1. The fourth-order valence-electron chi connectivity index (χ4n) is 1.66. The quantitative estimate of drug-likeness (QED) is 0.639. The number of aliphatic hydroxyl groups is 1. The van der Waals surface area contributed by atoms with E-state index >= 15 is 0 Å². The van der Waals surface area contributed by atoms with Crippen LogP contribution in [0.2, 0.25) is 0 Å². The third-order valence-electron chi connectivity index (χ3n) is 2.81. The van der Waals surface area contributed by atoms with Crippen molar-refractivity contribution in [1.29, 1.82) is 0 Å². The first-order chi connectivity index (χ1) is 9.69. The van der Waals surface area contributed by atoms with Crippen LogP contribution in [0.4, 0.5) is 0 Å². The summed E-state index contributed by atoms with van der Waals surface area (Å²) < 4.78 is 16.1. The van der Waals surface area contributed by atoms with E-state index in [1.54, 1.807) is 13.2 Å². The summed E-state index contributed by atoms with van der Waals surface area (Å²) in [5.41, 5.74) is 6.54. The molecule has 0 saturated heterocycles. The molecule has 5 heteroatoms. The van der Waals surface area contributed by atoms with Gasteiger partial charge in [0.1, 0.15) is 24.2 Å². The predicted molar refractivity (Wildman–Crippen MR) is 78.1 cm³/mol. The Labute approximate surface area is 120 Å². The summed E-state index contributed by atoms with van der Waals surface area (Å²) in [5, 5.41) is 9.76. The topological polar surface area (TPSA) is 73.9 Å². The molecule has 1 aromatic rings. The molecule has 0 amide bonds. The molecule has 0 fully saturated rings. The lowest BCUT2D eigenvalue weighted by molar-refractivity contribution is 0.0112. The summed E-state index contributed by atoms with van der Waals surface area (Å²) in [5.74, 6) is 1.33. The summed E-state index contributed by atoms with van der Waals surface area (Å²) in [6.07, 6.45) is 1.45. The maximum absolute atomic E-state index is 9.76. The average molecular weight is 283 g/mol. The average Bonchev–Trinajstić information content (AvgIpc) is 2.49. The number of unbranched alkanes of at least 4 members (excludes halogenated alkanes) is 1. The van der Waals surface area contributed by atoms with Gasteiger partial charge in [-0.15, -0.1) is 0 Å². The van der Waals surface area contributed by atoms with Gasteiger partial charge >= 0.3 is 0 Å². The molecule has 5 nitrogen and oxygen atoms in total. The smallest absolute Gasteiger partial charge is 0.123 e. The first-order valence-corrected chi connectivity index (χ1v) is 6.96. The molecule has 3 N–H and O–H groups in total. The van der Waals surface area contributed by atoms with Crippen molar-refractivity contribution in [1.82, 2.24) is 0 Å². The highest BCUT2D eigenvalue weighted by Crippen LogP contribution is 2.22. The number of rotatable bonds is 10. The summed E-state index contributed by atoms with van der Waals surface area (Å²) in [4.78, 5) is 0. The SMILES string of the molecule is CCCCOCC(O)COc1cc(CN)cc(OC)c1. The van der Waals surface area contributed by atoms with E-state index in [-0.39, 0.29) is 13.2 Å². The van der Waals surface area contributed by atoms with Crippen molar-refractivity contribution in [2.45, 2.75) is 32.4 Å². The third kappa shape index (κ3) is 6.23. The normalized spacial score (nSPS) is 12.2. The predicted octanol–water partition coefficient (Wildman–Crippen LogP) is 1.71. The van der Waals surface area contributed by atoms with Gasteiger partial charge in [-0.05, 0) is 24.1 Å². The van der Waals surface area contributed by atoms with E-state index in [0.717, 1.165) is 18.4 Å². The van der Waals surface area contributed by atoms with Crippen molar-refractivity contribution in [2.24, 2.45) is 5.73 Å². The summed E-state index contributed by atoms with van der Waals surface area (Å²) >= 11 is 0. The number of hydrogen-bond acceptors (Lipinski definition) is 5. The Hall–Kier alpha value is -1.30. The van der Waals surface area contributed by atoms with E-state index in [4.69, 9.17) is 19.9 Å². The van der Waals surface area contributed by atoms with Crippen LogP contribution < -0.4 is 15.2 Å². The zero-order valence-corrected chi connectivity index (χ0v) is 12.3. The number of benzene rings is 1. The third-order valence-corrected chi connectivity index (χ3v) is 2.81. The number of ether oxygens (including phenoxy) is 3. The molecule has 1 rings (SSSR count). The van der Waals surface area contributed by atoms with Crippen LogP contribution in [0.15, 0.2) is 18.2 Å². The molecule has 0 saturated carbocycles. The van der Waals surface area contributed by atoms with Crippen molar-refractivity contribution >= 4 is 0 Å². The van der Waals surface area contributed by atoms with E-state index in [1.807, 2.05) is 12.1 Å². The molecular formula is C15H25NO4. The highest BCUT2D eigenvalue weighted by molar-refractivity contribution is 5.38. The molecular weight excluding hydrogens is 258 g/mol. The Balaban J connectivity index is 2.40. The van der Waals surface area contributed by atoms with Crippen LogP contribution in [0.3, 0.4) is 0 Å². The number of nitrogens with two attached hydrogens (primary N) is 1. The van der Waals surface area contributed by atoms with Gasteiger partial charge in [0.15, 0.2) is 0 Å². The van der Waals surface area contributed by atoms with Crippen LogP contribution in [0.25, 0.3) is 0 Å². The summed E-state index contributed by atoms with van der Waals surface area (Å²) in [7, 11) is 1.59. The molecule has 0 aromatic heterocycles. The van der Waals surface area contributed by atoms with Crippen LogP contribution in [0, 0.1) is 0 Å². The van der Waals surface area contributed by atoms with Gasteiger partial charge in [-0.3, -0.25) is 0 Å². The molecule has 20 heavy (non-hydrogen) atoms. The summed E-state index contributed by atoms with van der Waals surface area (Å²) in [6, 6.07) is 5.47. The van der Waals surface area contributed by atoms with Crippen molar-refractivity contribution in [3.05, 3.63) is 23.8 Å². The lowest BCUT2D eigenvalue weighted by Gasteiger charge is -2.14. The van der Waals surface area contributed by atoms with E-state index < -0.39 is 6.10 Å². The number of aliphatic hydroxyl groups excluding tert-OH is 1. The molecule has 1 aromatic carbocycles. The largest absolute Gasteiger partial charge is 0.497 e. The van der Waals surface area contributed by atoms with Crippen LogP contribution >= 0.6 is 0 Å². The maximum Gasteiger partial charge on any atom is 0.123 e. The molecule has 0 bridgehead atoms.